The van der Waals surface area contributed by atoms with Gasteiger partial charge < -0.3 is 4.90 Å². The molecule has 0 spiro atoms. The van der Waals surface area contributed by atoms with Crippen molar-refractivity contribution >= 4 is 39.6 Å². The maximum absolute atomic E-state index is 12.9. The third-order valence-electron chi connectivity index (χ3n) is 5.63. The van der Waals surface area contributed by atoms with E-state index in [-0.39, 0.29) is 29.7 Å². The Morgan fingerprint density at radius 1 is 1.12 bits per heavy atom. The number of benzene rings is 2. The van der Waals surface area contributed by atoms with Crippen LogP contribution in [0.4, 0.5) is 0 Å². The number of hydrogen-bond acceptors (Lipinski definition) is 7. The van der Waals surface area contributed by atoms with Gasteiger partial charge in [0.1, 0.15) is 6.04 Å². The average Bonchev–Trinajstić information content (AvgIpc) is 3.11. The first kappa shape index (κ1) is 23.5. The molecular weight excluding hydrogens is 464 g/mol. The number of imide groups is 1. The maximum Gasteiger partial charge on any atom is 0.296 e. The average molecular weight is 489 g/mol. The molecule has 1 N–H and O–H groups in total. The van der Waals surface area contributed by atoms with E-state index >= 15 is 0 Å². The number of fused-ring (bicyclic) bond motifs is 1. The smallest absolute Gasteiger partial charge is 0.296 e. The zero-order valence-corrected chi connectivity index (χ0v) is 19.7. The molecule has 1 atom stereocenters. The normalized spacial score (nSPS) is 18.4. The first-order valence-electron chi connectivity index (χ1n) is 10.6. The Labute approximate surface area is 196 Å². The zero-order chi connectivity index (χ0) is 23.6. The van der Waals surface area contributed by atoms with Gasteiger partial charge in [-0.15, -0.1) is 11.8 Å². The van der Waals surface area contributed by atoms with Crippen molar-refractivity contribution in [3.63, 3.8) is 0 Å². The van der Waals surface area contributed by atoms with Crippen LogP contribution in [0.1, 0.15) is 40.7 Å². The van der Waals surface area contributed by atoms with Gasteiger partial charge in [-0.25, -0.2) is 0 Å². The molecule has 4 rings (SSSR count). The lowest BCUT2D eigenvalue weighted by Gasteiger charge is -2.29. The lowest BCUT2D eigenvalue weighted by Crippen LogP contribution is -2.52. The van der Waals surface area contributed by atoms with Crippen LogP contribution in [0.15, 0.2) is 52.3 Å². The van der Waals surface area contributed by atoms with Crippen LogP contribution in [0.5, 0.6) is 0 Å². The van der Waals surface area contributed by atoms with E-state index in [4.69, 9.17) is 4.18 Å². The molecule has 10 heteroatoms. The monoisotopic (exact) mass is 488 g/mol. The molecule has 0 aliphatic carbocycles. The number of nitrogens with one attached hydrogen (secondary N) is 1. The fourth-order valence-corrected chi connectivity index (χ4v) is 5.82. The number of thioether (sulfide) groups is 1. The molecule has 1 saturated heterocycles. The molecule has 2 aromatic carbocycles. The van der Waals surface area contributed by atoms with Gasteiger partial charge in [-0.3, -0.25) is 23.9 Å². The van der Waals surface area contributed by atoms with Crippen molar-refractivity contribution in [3.05, 3.63) is 59.2 Å². The van der Waals surface area contributed by atoms with E-state index in [9.17, 15) is 22.8 Å². The molecule has 1 unspecified atom stereocenters. The minimum atomic E-state index is -3.79. The van der Waals surface area contributed by atoms with Gasteiger partial charge in [0.15, 0.2) is 0 Å². The first-order chi connectivity index (χ1) is 15.8. The van der Waals surface area contributed by atoms with Crippen LogP contribution in [-0.4, -0.2) is 49.4 Å². The van der Waals surface area contributed by atoms with Crippen molar-refractivity contribution in [2.24, 2.45) is 0 Å². The van der Waals surface area contributed by atoms with Crippen molar-refractivity contribution in [1.82, 2.24) is 10.2 Å². The fraction of sp³-hybridized carbons (Fsp3) is 0.348. The quantitative estimate of drug-likeness (QED) is 0.263. The van der Waals surface area contributed by atoms with Crippen LogP contribution in [0.3, 0.4) is 0 Å². The molecule has 0 aromatic heterocycles. The van der Waals surface area contributed by atoms with Crippen LogP contribution in [0, 0.1) is 6.92 Å². The Hall–Kier alpha value is -2.69. The third-order valence-corrected chi connectivity index (χ3v) is 8.15. The van der Waals surface area contributed by atoms with Crippen LogP contribution in [-0.2, 0) is 30.4 Å². The Bertz CT molecular complexity index is 1190. The highest BCUT2D eigenvalue weighted by molar-refractivity contribution is 7.99. The molecule has 0 radical (unpaired) electrons. The number of hydrogen-bond donors (Lipinski definition) is 1. The standard InChI is InChI=1S/C23H24N2O6S2/c1-15-6-8-16(9-7-15)33(29,30)31-12-3-13-32-20-5-2-4-17-18(20)14-25(23(17)28)19-10-11-21(26)24-22(19)27/h2,4-9,19H,3,10-14H2,1H3,(H,24,26,27). The summed E-state index contributed by atoms with van der Waals surface area (Å²) in [6, 6.07) is 11.3. The summed E-state index contributed by atoms with van der Waals surface area (Å²) in [5.74, 6) is -0.363. The van der Waals surface area contributed by atoms with E-state index in [2.05, 4.69) is 5.32 Å². The molecule has 0 bridgehead atoms. The van der Waals surface area contributed by atoms with Gasteiger partial charge in [-0.1, -0.05) is 23.8 Å². The highest BCUT2D eigenvalue weighted by Crippen LogP contribution is 2.34. The topological polar surface area (TPSA) is 110 Å². The number of carbonyl (C=O) groups is 3. The van der Waals surface area contributed by atoms with Gasteiger partial charge in [0.25, 0.3) is 16.0 Å². The second-order valence-corrected chi connectivity index (χ2v) is 10.7. The Balaban J connectivity index is 1.33. The van der Waals surface area contributed by atoms with Crippen molar-refractivity contribution in [2.45, 2.75) is 48.6 Å². The second kappa shape index (κ2) is 9.66. The highest BCUT2D eigenvalue weighted by atomic mass is 32.2. The van der Waals surface area contributed by atoms with Gasteiger partial charge in [0.2, 0.25) is 11.8 Å². The van der Waals surface area contributed by atoms with Gasteiger partial charge in [-0.2, -0.15) is 8.42 Å². The molecule has 0 saturated carbocycles. The molecule has 1 fully saturated rings. The fourth-order valence-electron chi connectivity index (χ4n) is 3.88. The lowest BCUT2D eigenvalue weighted by atomic mass is 10.0. The van der Waals surface area contributed by atoms with Crippen molar-refractivity contribution < 1.29 is 27.0 Å². The van der Waals surface area contributed by atoms with Crippen LogP contribution in [0.25, 0.3) is 0 Å². The van der Waals surface area contributed by atoms with Gasteiger partial charge in [0.05, 0.1) is 11.5 Å². The summed E-state index contributed by atoms with van der Waals surface area (Å²) < 4.78 is 29.7. The summed E-state index contributed by atoms with van der Waals surface area (Å²) in [6.45, 7) is 2.24. The summed E-state index contributed by atoms with van der Waals surface area (Å²) in [5, 5.41) is 2.30. The van der Waals surface area contributed by atoms with E-state index < -0.39 is 22.1 Å². The molecule has 2 aliphatic heterocycles. The molecule has 33 heavy (non-hydrogen) atoms. The predicted octanol–water partition coefficient (Wildman–Crippen LogP) is 2.64. The van der Waals surface area contributed by atoms with E-state index in [0.717, 1.165) is 16.0 Å². The summed E-state index contributed by atoms with van der Waals surface area (Å²) in [6.07, 6.45) is 1.04. The third kappa shape index (κ3) is 5.13. The molecule has 2 aliphatic rings. The summed E-state index contributed by atoms with van der Waals surface area (Å²) in [4.78, 5) is 39.1. The molecule has 174 valence electrons. The van der Waals surface area contributed by atoms with E-state index in [1.54, 1.807) is 24.3 Å². The summed E-state index contributed by atoms with van der Waals surface area (Å²) in [7, 11) is -3.79. The van der Waals surface area contributed by atoms with Crippen LogP contribution < -0.4 is 5.32 Å². The Morgan fingerprint density at radius 3 is 2.61 bits per heavy atom. The minimum absolute atomic E-state index is 0.0551. The highest BCUT2D eigenvalue weighted by Gasteiger charge is 2.39. The largest absolute Gasteiger partial charge is 0.322 e. The molecular formula is C23H24N2O6S2. The maximum atomic E-state index is 12.9. The van der Waals surface area contributed by atoms with E-state index in [0.29, 0.717) is 30.7 Å². The van der Waals surface area contributed by atoms with E-state index in [1.807, 2.05) is 13.0 Å². The zero-order valence-electron chi connectivity index (χ0n) is 18.1. The number of nitrogens with zero attached hydrogens (tertiary/aromatic N) is 1. The number of amides is 3. The Morgan fingerprint density at radius 2 is 1.88 bits per heavy atom. The van der Waals surface area contributed by atoms with Gasteiger partial charge in [0, 0.05) is 29.2 Å². The number of rotatable bonds is 8. The number of aryl methyl sites for hydroxylation is 1. The second-order valence-electron chi connectivity index (χ2n) is 7.97. The summed E-state index contributed by atoms with van der Waals surface area (Å²) in [5.41, 5.74) is 2.38. The van der Waals surface area contributed by atoms with E-state index in [1.165, 1.54) is 28.8 Å². The van der Waals surface area contributed by atoms with Crippen LogP contribution >= 0.6 is 11.8 Å². The van der Waals surface area contributed by atoms with Gasteiger partial charge in [-0.05, 0) is 49.6 Å². The van der Waals surface area contributed by atoms with Crippen LogP contribution in [0.2, 0.25) is 0 Å². The number of carbonyl (C=O) groups excluding carboxylic acids is 3. The summed E-state index contributed by atoms with van der Waals surface area (Å²) >= 11 is 1.52. The number of piperidine rings is 1. The predicted molar refractivity (Wildman–Crippen MR) is 122 cm³/mol. The van der Waals surface area contributed by atoms with Crippen molar-refractivity contribution in [2.75, 3.05) is 12.4 Å². The molecule has 8 nitrogen and oxygen atoms in total. The Kier molecular flexibility index (Phi) is 6.87. The minimum Gasteiger partial charge on any atom is -0.322 e. The molecule has 2 heterocycles. The van der Waals surface area contributed by atoms with Crippen molar-refractivity contribution in [3.8, 4) is 0 Å². The SMILES string of the molecule is Cc1ccc(S(=O)(=O)OCCCSc2cccc3c2CN(C2CCC(=O)NC2=O)C3=O)cc1. The first-order valence-corrected chi connectivity index (χ1v) is 13.0. The van der Waals surface area contributed by atoms with Gasteiger partial charge >= 0.3 is 0 Å². The molecule has 3 amide bonds. The molecule has 2 aromatic rings. The van der Waals surface area contributed by atoms with Crippen molar-refractivity contribution in [1.29, 1.82) is 0 Å². The lowest BCUT2D eigenvalue weighted by molar-refractivity contribution is -0.136.